The number of likely N-dealkylation sites (tertiary alicyclic amines) is 1. The highest BCUT2D eigenvalue weighted by Crippen LogP contribution is 2.33. The second-order valence-electron chi connectivity index (χ2n) is 6.54. The Kier molecular flexibility index (Phi) is 5.55. The highest BCUT2D eigenvalue weighted by Gasteiger charge is 2.29. The molecule has 1 fully saturated rings. The van der Waals surface area contributed by atoms with E-state index in [9.17, 15) is 4.79 Å². The lowest BCUT2D eigenvalue weighted by Crippen LogP contribution is -2.39. The van der Waals surface area contributed by atoms with Gasteiger partial charge in [0, 0.05) is 5.56 Å². The molecule has 0 N–H and O–H groups in total. The number of rotatable bonds is 8. The van der Waals surface area contributed by atoms with Gasteiger partial charge in [0.15, 0.2) is 17.3 Å². The van der Waals surface area contributed by atoms with E-state index in [1.807, 2.05) is 18.2 Å². The molecule has 1 saturated heterocycles. The highest BCUT2D eigenvalue weighted by atomic mass is 16.7. The smallest absolute Gasteiger partial charge is 0.231 e. The van der Waals surface area contributed by atoms with Crippen LogP contribution in [0.4, 0.5) is 0 Å². The summed E-state index contributed by atoms with van der Waals surface area (Å²) in [6.07, 6.45) is 8.21. The first-order valence-electron chi connectivity index (χ1n) is 8.97. The first kappa shape index (κ1) is 16.3. The van der Waals surface area contributed by atoms with Crippen molar-refractivity contribution in [1.29, 1.82) is 0 Å². The van der Waals surface area contributed by atoms with Crippen LogP contribution < -0.4 is 9.47 Å². The number of carbonyl (C=O) groups excluding carboxylic acids is 1. The molecule has 0 aromatic heterocycles. The van der Waals surface area contributed by atoms with E-state index in [1.54, 1.807) is 0 Å². The Balaban J connectivity index is 1.70. The summed E-state index contributed by atoms with van der Waals surface area (Å²) < 4.78 is 10.8. The molecular formula is C19H27NO3. The van der Waals surface area contributed by atoms with Crippen molar-refractivity contribution in [1.82, 2.24) is 4.90 Å². The van der Waals surface area contributed by atoms with E-state index in [0.29, 0.717) is 5.75 Å². The summed E-state index contributed by atoms with van der Waals surface area (Å²) in [6, 6.07) is 5.60. The summed E-state index contributed by atoms with van der Waals surface area (Å²) in [7, 11) is 0. The van der Waals surface area contributed by atoms with E-state index < -0.39 is 0 Å². The summed E-state index contributed by atoms with van der Waals surface area (Å²) in [6.45, 7) is 4.57. The van der Waals surface area contributed by atoms with Gasteiger partial charge in [-0.15, -0.1) is 0 Å². The molecule has 126 valence electrons. The van der Waals surface area contributed by atoms with Crippen molar-refractivity contribution < 1.29 is 14.3 Å². The normalized spacial score (nSPS) is 18.3. The molecule has 2 heterocycles. The average molecular weight is 317 g/mol. The topological polar surface area (TPSA) is 38.8 Å². The summed E-state index contributed by atoms with van der Waals surface area (Å²) in [5.41, 5.74) is 0.752. The molecule has 0 unspecified atom stereocenters. The SMILES string of the molecule is CCCCCC[C@H](C(=O)c1ccc2c(c1)OCO2)N1CCCC1. The summed E-state index contributed by atoms with van der Waals surface area (Å²) in [5.74, 6) is 1.67. The summed E-state index contributed by atoms with van der Waals surface area (Å²) in [5, 5.41) is 0. The first-order valence-corrected chi connectivity index (χ1v) is 8.97. The Morgan fingerprint density at radius 2 is 1.91 bits per heavy atom. The predicted molar refractivity (Wildman–Crippen MR) is 90.2 cm³/mol. The van der Waals surface area contributed by atoms with Crippen molar-refractivity contribution in [3.05, 3.63) is 23.8 Å². The third-order valence-corrected chi connectivity index (χ3v) is 4.87. The molecule has 0 saturated carbocycles. The van der Waals surface area contributed by atoms with E-state index in [1.165, 1.54) is 32.1 Å². The van der Waals surface area contributed by atoms with Crippen LogP contribution >= 0.6 is 0 Å². The first-order chi connectivity index (χ1) is 11.3. The number of ether oxygens (including phenoxy) is 2. The number of hydrogen-bond donors (Lipinski definition) is 0. The van der Waals surface area contributed by atoms with Crippen LogP contribution in [0.2, 0.25) is 0 Å². The maximum absolute atomic E-state index is 13.1. The number of ketones is 1. The minimum Gasteiger partial charge on any atom is -0.454 e. The number of Topliss-reactive ketones (excluding diaryl/α,β-unsaturated/α-hetero) is 1. The van der Waals surface area contributed by atoms with Gasteiger partial charge < -0.3 is 9.47 Å². The van der Waals surface area contributed by atoms with Gasteiger partial charge in [-0.25, -0.2) is 0 Å². The third-order valence-electron chi connectivity index (χ3n) is 4.87. The van der Waals surface area contributed by atoms with Gasteiger partial charge in [-0.3, -0.25) is 9.69 Å². The molecule has 4 nitrogen and oxygen atoms in total. The zero-order valence-electron chi connectivity index (χ0n) is 14.1. The minimum atomic E-state index is 0.0229. The van der Waals surface area contributed by atoms with Gasteiger partial charge in [-0.1, -0.05) is 32.6 Å². The fourth-order valence-electron chi connectivity index (χ4n) is 3.54. The number of hydrogen-bond acceptors (Lipinski definition) is 4. The molecule has 23 heavy (non-hydrogen) atoms. The van der Waals surface area contributed by atoms with Crippen molar-refractivity contribution in [2.45, 2.75) is 57.9 Å². The number of fused-ring (bicyclic) bond motifs is 1. The van der Waals surface area contributed by atoms with Gasteiger partial charge in [0.2, 0.25) is 6.79 Å². The maximum atomic E-state index is 13.1. The second-order valence-corrected chi connectivity index (χ2v) is 6.54. The molecular weight excluding hydrogens is 290 g/mol. The molecule has 3 rings (SSSR count). The lowest BCUT2D eigenvalue weighted by molar-refractivity contribution is 0.0834. The van der Waals surface area contributed by atoms with Crippen molar-refractivity contribution in [2.24, 2.45) is 0 Å². The van der Waals surface area contributed by atoms with E-state index in [-0.39, 0.29) is 18.6 Å². The predicted octanol–water partition coefficient (Wildman–Crippen LogP) is 4.03. The van der Waals surface area contributed by atoms with Crippen LogP contribution in [-0.4, -0.2) is 36.6 Å². The van der Waals surface area contributed by atoms with Crippen molar-refractivity contribution in [3.8, 4) is 11.5 Å². The third kappa shape index (κ3) is 3.86. The Hall–Kier alpha value is -1.55. The van der Waals surface area contributed by atoms with E-state index in [2.05, 4.69) is 11.8 Å². The van der Waals surface area contributed by atoms with E-state index in [0.717, 1.165) is 37.2 Å². The van der Waals surface area contributed by atoms with Crippen molar-refractivity contribution >= 4 is 5.78 Å². The van der Waals surface area contributed by atoms with Crippen LogP contribution in [0.3, 0.4) is 0 Å². The fourth-order valence-corrected chi connectivity index (χ4v) is 3.54. The van der Waals surface area contributed by atoms with Gasteiger partial charge in [0.25, 0.3) is 0 Å². The van der Waals surface area contributed by atoms with Crippen LogP contribution in [-0.2, 0) is 0 Å². The Labute approximate surface area is 138 Å². The maximum Gasteiger partial charge on any atom is 0.231 e. The molecule has 0 bridgehead atoms. The second kappa shape index (κ2) is 7.82. The van der Waals surface area contributed by atoms with Crippen LogP contribution in [0.25, 0.3) is 0 Å². The van der Waals surface area contributed by atoms with E-state index >= 15 is 0 Å². The Morgan fingerprint density at radius 1 is 1.13 bits per heavy atom. The number of benzene rings is 1. The molecule has 0 spiro atoms. The Morgan fingerprint density at radius 3 is 2.70 bits per heavy atom. The minimum absolute atomic E-state index is 0.0229. The standard InChI is InChI=1S/C19H27NO3/c1-2-3-4-5-8-16(20-11-6-7-12-20)19(21)15-9-10-17-18(13-15)23-14-22-17/h9-10,13,16H,2-8,11-12,14H2,1H3/t16-/m1/s1. The molecule has 4 heteroatoms. The quantitative estimate of drug-likeness (QED) is 0.536. The fraction of sp³-hybridized carbons (Fsp3) is 0.632. The zero-order chi connectivity index (χ0) is 16.1. The summed E-state index contributed by atoms with van der Waals surface area (Å²) >= 11 is 0. The summed E-state index contributed by atoms with van der Waals surface area (Å²) in [4.78, 5) is 15.4. The van der Waals surface area contributed by atoms with Gasteiger partial charge >= 0.3 is 0 Å². The number of unbranched alkanes of at least 4 members (excludes halogenated alkanes) is 3. The van der Waals surface area contributed by atoms with Gasteiger partial charge in [0.05, 0.1) is 6.04 Å². The Bertz CT molecular complexity index is 537. The largest absolute Gasteiger partial charge is 0.454 e. The molecule has 2 aliphatic heterocycles. The zero-order valence-corrected chi connectivity index (χ0v) is 14.1. The van der Waals surface area contributed by atoms with Crippen LogP contribution in [0, 0.1) is 0 Å². The van der Waals surface area contributed by atoms with E-state index in [4.69, 9.17) is 9.47 Å². The van der Waals surface area contributed by atoms with Crippen LogP contribution in [0.1, 0.15) is 62.2 Å². The molecule has 0 radical (unpaired) electrons. The monoisotopic (exact) mass is 317 g/mol. The van der Waals surface area contributed by atoms with Gasteiger partial charge in [-0.05, 0) is 50.6 Å². The lowest BCUT2D eigenvalue weighted by atomic mass is 9.97. The van der Waals surface area contributed by atoms with Gasteiger partial charge in [-0.2, -0.15) is 0 Å². The van der Waals surface area contributed by atoms with Crippen molar-refractivity contribution in [3.63, 3.8) is 0 Å². The highest BCUT2D eigenvalue weighted by molar-refractivity contribution is 6.00. The number of carbonyl (C=O) groups is 1. The molecule has 2 aliphatic rings. The molecule has 0 amide bonds. The molecule has 1 aromatic carbocycles. The van der Waals surface area contributed by atoms with Crippen LogP contribution in [0.5, 0.6) is 11.5 Å². The van der Waals surface area contributed by atoms with Crippen molar-refractivity contribution in [2.75, 3.05) is 19.9 Å². The molecule has 1 aromatic rings. The van der Waals surface area contributed by atoms with Crippen LogP contribution in [0.15, 0.2) is 18.2 Å². The molecule has 0 aliphatic carbocycles. The lowest BCUT2D eigenvalue weighted by Gasteiger charge is -2.26. The van der Waals surface area contributed by atoms with Gasteiger partial charge in [0.1, 0.15) is 0 Å². The number of nitrogens with zero attached hydrogens (tertiary/aromatic N) is 1. The molecule has 1 atom stereocenters. The average Bonchev–Trinajstić information content (AvgIpc) is 3.25.